The van der Waals surface area contributed by atoms with E-state index in [1.165, 1.54) is 25.7 Å². The lowest BCUT2D eigenvalue weighted by molar-refractivity contribution is 0.0907. The van der Waals surface area contributed by atoms with Crippen molar-refractivity contribution in [3.8, 4) is 0 Å². The van der Waals surface area contributed by atoms with Gasteiger partial charge in [-0.25, -0.2) is 0 Å². The highest BCUT2D eigenvalue weighted by molar-refractivity contribution is 9.11. The van der Waals surface area contributed by atoms with Crippen molar-refractivity contribution in [1.29, 1.82) is 0 Å². The first-order chi connectivity index (χ1) is 8.18. The first-order valence-electron chi connectivity index (χ1n) is 6.18. The average Bonchev–Trinajstić information content (AvgIpc) is 2.60. The molecule has 1 nitrogen and oxygen atoms in total. The number of carbonyl (C=O) groups excluding carboxylic acids is 1. The van der Waals surface area contributed by atoms with E-state index in [-0.39, 0.29) is 5.92 Å². The van der Waals surface area contributed by atoms with Crippen molar-refractivity contribution in [3.63, 3.8) is 0 Å². The summed E-state index contributed by atoms with van der Waals surface area (Å²) in [5.74, 6) is 0.531. The molecule has 0 spiro atoms. The Hall–Kier alpha value is -0.150. The van der Waals surface area contributed by atoms with Crippen LogP contribution in [0.3, 0.4) is 0 Å². The van der Waals surface area contributed by atoms with Gasteiger partial charge in [0.25, 0.3) is 0 Å². The van der Waals surface area contributed by atoms with Crippen molar-refractivity contribution < 1.29 is 4.79 Å². The highest BCUT2D eigenvalue weighted by Gasteiger charge is 2.23. The summed E-state index contributed by atoms with van der Waals surface area (Å²) < 4.78 is 1.88. The van der Waals surface area contributed by atoms with Crippen LogP contribution in [0.5, 0.6) is 0 Å². The standard InChI is InChI=1S/C14H16Br2O/c15-11-7-8-13(16)12(9-11)14(17)10-5-3-1-2-4-6-10/h7-10H,1-6H2. The maximum Gasteiger partial charge on any atom is 0.167 e. The molecule has 0 radical (unpaired) electrons. The second kappa shape index (κ2) is 6.14. The van der Waals surface area contributed by atoms with Gasteiger partial charge in [0, 0.05) is 20.4 Å². The summed E-state index contributed by atoms with van der Waals surface area (Å²) in [6, 6.07) is 5.82. The average molecular weight is 360 g/mol. The Kier molecular flexibility index (Phi) is 4.80. The van der Waals surface area contributed by atoms with E-state index in [9.17, 15) is 4.79 Å². The summed E-state index contributed by atoms with van der Waals surface area (Å²) in [5.41, 5.74) is 0.825. The predicted molar refractivity (Wildman–Crippen MR) is 77.4 cm³/mol. The van der Waals surface area contributed by atoms with E-state index in [0.29, 0.717) is 5.78 Å². The van der Waals surface area contributed by atoms with Crippen molar-refractivity contribution >= 4 is 37.6 Å². The van der Waals surface area contributed by atoms with Crippen LogP contribution in [0.4, 0.5) is 0 Å². The predicted octanol–water partition coefficient (Wildman–Crippen LogP) is 5.36. The van der Waals surface area contributed by atoms with Gasteiger partial charge in [-0.2, -0.15) is 0 Å². The van der Waals surface area contributed by atoms with Crippen molar-refractivity contribution in [2.45, 2.75) is 38.5 Å². The topological polar surface area (TPSA) is 17.1 Å². The van der Waals surface area contributed by atoms with E-state index in [2.05, 4.69) is 31.9 Å². The number of hydrogen-bond acceptors (Lipinski definition) is 1. The van der Waals surface area contributed by atoms with E-state index < -0.39 is 0 Å². The normalized spacial score (nSPS) is 17.8. The number of carbonyl (C=O) groups is 1. The maximum absolute atomic E-state index is 12.5. The first kappa shape index (κ1) is 13.3. The van der Waals surface area contributed by atoms with Crippen molar-refractivity contribution in [1.82, 2.24) is 0 Å². The van der Waals surface area contributed by atoms with Crippen LogP contribution in [0, 0.1) is 5.92 Å². The molecule has 3 heteroatoms. The fourth-order valence-electron chi connectivity index (χ4n) is 2.45. The molecule has 0 aliphatic heterocycles. The number of ketones is 1. The quantitative estimate of drug-likeness (QED) is 0.512. The van der Waals surface area contributed by atoms with Crippen LogP contribution in [-0.2, 0) is 0 Å². The molecule has 0 amide bonds. The summed E-state index contributed by atoms with van der Waals surface area (Å²) in [6.07, 6.45) is 7.06. The smallest absolute Gasteiger partial charge is 0.167 e. The van der Waals surface area contributed by atoms with Crippen LogP contribution in [0.15, 0.2) is 27.1 Å². The summed E-state index contributed by atoms with van der Waals surface area (Å²) in [7, 11) is 0. The van der Waals surface area contributed by atoms with Crippen LogP contribution < -0.4 is 0 Å². The zero-order chi connectivity index (χ0) is 12.3. The summed E-state index contributed by atoms with van der Waals surface area (Å²) in [6.45, 7) is 0. The molecule has 0 aromatic heterocycles. The third-order valence-electron chi connectivity index (χ3n) is 3.42. The molecule has 0 bridgehead atoms. The van der Waals surface area contributed by atoms with Gasteiger partial charge in [0.1, 0.15) is 0 Å². The highest BCUT2D eigenvalue weighted by atomic mass is 79.9. The van der Waals surface area contributed by atoms with Gasteiger partial charge in [-0.15, -0.1) is 0 Å². The molecule has 0 saturated heterocycles. The monoisotopic (exact) mass is 358 g/mol. The van der Waals surface area contributed by atoms with Crippen LogP contribution in [0.1, 0.15) is 48.9 Å². The van der Waals surface area contributed by atoms with Gasteiger partial charge >= 0.3 is 0 Å². The minimum absolute atomic E-state index is 0.225. The molecule has 1 aromatic carbocycles. The summed E-state index contributed by atoms with van der Waals surface area (Å²) in [5, 5.41) is 0. The van der Waals surface area contributed by atoms with Crippen LogP contribution in [-0.4, -0.2) is 5.78 Å². The first-order valence-corrected chi connectivity index (χ1v) is 7.76. The zero-order valence-corrected chi connectivity index (χ0v) is 12.9. The highest BCUT2D eigenvalue weighted by Crippen LogP contribution is 2.30. The van der Waals surface area contributed by atoms with Gasteiger partial charge in [-0.1, -0.05) is 57.5 Å². The molecular weight excluding hydrogens is 344 g/mol. The molecule has 1 aromatic rings. The second-order valence-corrected chi connectivity index (χ2v) is 6.45. The third kappa shape index (κ3) is 3.41. The van der Waals surface area contributed by atoms with E-state index >= 15 is 0 Å². The SMILES string of the molecule is O=C(c1cc(Br)ccc1Br)C1CCCCCC1. The minimum atomic E-state index is 0.225. The number of benzene rings is 1. The number of hydrogen-bond donors (Lipinski definition) is 0. The second-order valence-electron chi connectivity index (χ2n) is 4.68. The lowest BCUT2D eigenvalue weighted by Gasteiger charge is -2.14. The van der Waals surface area contributed by atoms with E-state index in [1.54, 1.807) is 0 Å². The Morgan fingerprint density at radius 2 is 1.71 bits per heavy atom. The van der Waals surface area contributed by atoms with Crippen molar-refractivity contribution in [2.24, 2.45) is 5.92 Å². The number of Topliss-reactive ketones (excluding diaryl/α,β-unsaturated/α-hetero) is 1. The van der Waals surface area contributed by atoms with Gasteiger partial charge in [0.15, 0.2) is 5.78 Å². The Morgan fingerprint density at radius 3 is 2.35 bits per heavy atom. The zero-order valence-electron chi connectivity index (χ0n) is 9.72. The lowest BCUT2D eigenvalue weighted by atomic mass is 9.91. The van der Waals surface area contributed by atoms with Crippen molar-refractivity contribution in [3.05, 3.63) is 32.7 Å². The molecule has 1 saturated carbocycles. The molecule has 0 N–H and O–H groups in total. The summed E-state index contributed by atoms with van der Waals surface area (Å²) >= 11 is 6.91. The molecule has 0 atom stereocenters. The van der Waals surface area contributed by atoms with Gasteiger partial charge in [0.05, 0.1) is 0 Å². The van der Waals surface area contributed by atoms with Gasteiger partial charge in [-0.05, 0) is 31.0 Å². The number of halogens is 2. The third-order valence-corrected chi connectivity index (χ3v) is 4.60. The van der Waals surface area contributed by atoms with Gasteiger partial charge in [0.2, 0.25) is 0 Å². The number of rotatable bonds is 2. The largest absolute Gasteiger partial charge is 0.294 e. The van der Waals surface area contributed by atoms with Gasteiger partial charge < -0.3 is 0 Å². The fourth-order valence-corrected chi connectivity index (χ4v) is 3.25. The molecule has 1 aliphatic rings. The molecule has 1 aliphatic carbocycles. The lowest BCUT2D eigenvalue weighted by Crippen LogP contribution is -2.14. The van der Waals surface area contributed by atoms with Crippen LogP contribution in [0.25, 0.3) is 0 Å². The molecule has 0 heterocycles. The molecule has 0 unspecified atom stereocenters. The molecule has 92 valence electrons. The van der Waals surface area contributed by atoms with Crippen LogP contribution >= 0.6 is 31.9 Å². The van der Waals surface area contributed by atoms with Crippen LogP contribution in [0.2, 0.25) is 0 Å². The minimum Gasteiger partial charge on any atom is -0.294 e. The molecular formula is C14H16Br2O. The van der Waals surface area contributed by atoms with Crippen molar-refractivity contribution in [2.75, 3.05) is 0 Å². The van der Waals surface area contributed by atoms with E-state index in [1.807, 2.05) is 18.2 Å². The molecule has 1 fully saturated rings. The summed E-state index contributed by atoms with van der Waals surface area (Å²) in [4.78, 5) is 12.5. The van der Waals surface area contributed by atoms with E-state index in [4.69, 9.17) is 0 Å². The molecule has 17 heavy (non-hydrogen) atoms. The Balaban J connectivity index is 2.20. The van der Waals surface area contributed by atoms with E-state index in [0.717, 1.165) is 27.4 Å². The Morgan fingerprint density at radius 1 is 1.06 bits per heavy atom. The Bertz CT molecular complexity index is 407. The maximum atomic E-state index is 12.5. The fraction of sp³-hybridized carbons (Fsp3) is 0.500. The molecule has 2 rings (SSSR count). The Labute approximate surface area is 119 Å². The van der Waals surface area contributed by atoms with Gasteiger partial charge in [-0.3, -0.25) is 4.79 Å².